The van der Waals surface area contributed by atoms with Crippen LogP contribution in [0.2, 0.25) is 0 Å². The van der Waals surface area contributed by atoms with Gasteiger partial charge in [0.05, 0.1) is 22.2 Å². The van der Waals surface area contributed by atoms with Crippen LogP contribution in [0.15, 0.2) is 36.7 Å². The van der Waals surface area contributed by atoms with Gasteiger partial charge in [0.2, 0.25) is 5.91 Å². The lowest BCUT2D eigenvalue weighted by atomic mass is 10.0. The summed E-state index contributed by atoms with van der Waals surface area (Å²) in [4.78, 5) is 24.0. The number of thiazole rings is 1. The summed E-state index contributed by atoms with van der Waals surface area (Å²) in [5, 5.41) is 4.30. The van der Waals surface area contributed by atoms with Crippen molar-refractivity contribution in [3.63, 3.8) is 0 Å². The highest BCUT2D eigenvalue weighted by Crippen LogP contribution is 2.36. The van der Waals surface area contributed by atoms with E-state index in [9.17, 15) is 4.79 Å². The highest BCUT2D eigenvalue weighted by Gasteiger charge is 2.40. The molecule has 1 saturated carbocycles. The van der Waals surface area contributed by atoms with Crippen LogP contribution in [0.5, 0.6) is 0 Å². The van der Waals surface area contributed by atoms with E-state index in [0.717, 1.165) is 42.4 Å². The Morgan fingerprint density at radius 3 is 2.85 bits per heavy atom. The fraction of sp³-hybridized carbons (Fsp3) is 0.421. The summed E-state index contributed by atoms with van der Waals surface area (Å²) in [6.45, 7) is 1.59. The van der Waals surface area contributed by atoms with Gasteiger partial charge in [-0.3, -0.25) is 4.79 Å². The third-order valence-electron chi connectivity index (χ3n) is 5.34. The molecule has 2 aliphatic rings. The molecule has 134 valence electrons. The van der Waals surface area contributed by atoms with E-state index in [-0.39, 0.29) is 23.8 Å². The molecule has 7 heteroatoms. The van der Waals surface area contributed by atoms with Gasteiger partial charge in [-0.25, -0.2) is 9.97 Å². The minimum atomic E-state index is 0.0659. The summed E-state index contributed by atoms with van der Waals surface area (Å²) in [5.41, 5.74) is 1.03. The van der Waals surface area contributed by atoms with Crippen molar-refractivity contribution in [2.75, 3.05) is 18.0 Å². The number of para-hydroxylation sites is 1. The number of imidazole rings is 1. The average molecular weight is 367 g/mol. The van der Waals surface area contributed by atoms with Gasteiger partial charge in [-0.2, -0.15) is 0 Å². The van der Waals surface area contributed by atoms with Crippen molar-refractivity contribution < 1.29 is 4.79 Å². The number of carbonyl (C=O) groups excluding carboxylic acids is 1. The lowest BCUT2D eigenvalue weighted by Gasteiger charge is -2.19. The van der Waals surface area contributed by atoms with E-state index in [1.165, 1.54) is 4.70 Å². The second-order valence-electron chi connectivity index (χ2n) is 7.26. The third kappa shape index (κ3) is 2.76. The number of nitrogens with one attached hydrogen (secondary N) is 1. The lowest BCUT2D eigenvalue weighted by Crippen LogP contribution is -2.41. The summed E-state index contributed by atoms with van der Waals surface area (Å²) in [7, 11) is 2.02. The van der Waals surface area contributed by atoms with Crippen molar-refractivity contribution in [3.8, 4) is 0 Å². The zero-order chi connectivity index (χ0) is 17.7. The highest BCUT2D eigenvalue weighted by atomic mass is 32.1. The summed E-state index contributed by atoms with van der Waals surface area (Å²) < 4.78 is 3.25. The number of nitrogens with zero attached hydrogens (tertiary/aromatic N) is 4. The standard InChI is InChI=1S/C19H21N5OS/c1-23-9-8-20-17(23)13-10-24(11-15(13)21-18(25)12-6-7-12)19-22-14-4-2-3-5-16(14)26-19/h2-5,8-9,12-13,15H,6-7,10-11H2,1H3,(H,21,25)/t13-,15-/m1/s1. The van der Waals surface area contributed by atoms with Gasteiger partial charge in [0.1, 0.15) is 5.82 Å². The molecule has 0 bridgehead atoms. The minimum absolute atomic E-state index is 0.0659. The Bertz CT molecular complexity index is 927. The third-order valence-corrected chi connectivity index (χ3v) is 6.44. The number of aromatic nitrogens is 3. The molecule has 1 saturated heterocycles. The Hall–Kier alpha value is -2.41. The summed E-state index contributed by atoms with van der Waals surface area (Å²) in [6.07, 6.45) is 5.84. The molecule has 0 unspecified atom stereocenters. The van der Waals surface area contributed by atoms with Crippen molar-refractivity contribution in [3.05, 3.63) is 42.5 Å². The molecule has 5 rings (SSSR count). The van der Waals surface area contributed by atoms with Crippen molar-refractivity contribution >= 4 is 32.6 Å². The van der Waals surface area contributed by atoms with Crippen LogP contribution in [0.25, 0.3) is 10.2 Å². The van der Waals surface area contributed by atoms with Crippen molar-refractivity contribution in [2.45, 2.75) is 24.8 Å². The molecule has 26 heavy (non-hydrogen) atoms. The Morgan fingerprint density at radius 2 is 2.12 bits per heavy atom. The van der Waals surface area contributed by atoms with Gasteiger partial charge in [0, 0.05) is 38.4 Å². The maximum absolute atomic E-state index is 12.4. The minimum Gasteiger partial charge on any atom is -0.351 e. The first-order chi connectivity index (χ1) is 12.7. The lowest BCUT2D eigenvalue weighted by molar-refractivity contribution is -0.122. The van der Waals surface area contributed by atoms with Crippen molar-refractivity contribution in [1.29, 1.82) is 0 Å². The molecule has 3 aromatic rings. The first kappa shape index (κ1) is 15.8. The monoisotopic (exact) mass is 367 g/mol. The van der Waals surface area contributed by atoms with Gasteiger partial charge in [0.25, 0.3) is 0 Å². The largest absolute Gasteiger partial charge is 0.351 e. The first-order valence-electron chi connectivity index (χ1n) is 9.07. The summed E-state index contributed by atoms with van der Waals surface area (Å²) >= 11 is 1.71. The fourth-order valence-corrected chi connectivity index (χ4v) is 4.73. The molecule has 2 atom stereocenters. The van der Waals surface area contributed by atoms with Gasteiger partial charge in [-0.05, 0) is 25.0 Å². The molecule has 2 aromatic heterocycles. The number of fused-ring (bicyclic) bond motifs is 1. The number of rotatable bonds is 4. The maximum atomic E-state index is 12.4. The van der Waals surface area contributed by atoms with E-state index in [1.54, 1.807) is 11.3 Å². The first-order valence-corrected chi connectivity index (χ1v) is 9.89. The molecule has 0 spiro atoms. The van der Waals surface area contributed by atoms with E-state index < -0.39 is 0 Å². The Morgan fingerprint density at radius 1 is 1.27 bits per heavy atom. The van der Waals surface area contributed by atoms with Gasteiger partial charge in [0.15, 0.2) is 5.13 Å². The number of benzene rings is 1. The number of aryl methyl sites for hydroxylation is 1. The molecule has 6 nitrogen and oxygen atoms in total. The van der Waals surface area contributed by atoms with E-state index in [2.05, 4.69) is 25.8 Å². The molecular formula is C19H21N5OS. The molecule has 3 heterocycles. The zero-order valence-electron chi connectivity index (χ0n) is 14.6. The van der Waals surface area contributed by atoms with E-state index in [4.69, 9.17) is 4.98 Å². The molecule has 1 aliphatic heterocycles. The van der Waals surface area contributed by atoms with E-state index in [0.29, 0.717) is 0 Å². The topological polar surface area (TPSA) is 63.1 Å². The molecule has 1 amide bonds. The molecule has 0 radical (unpaired) electrons. The number of carbonyl (C=O) groups is 1. The highest BCUT2D eigenvalue weighted by molar-refractivity contribution is 7.22. The van der Waals surface area contributed by atoms with Gasteiger partial charge < -0.3 is 14.8 Å². The fourth-order valence-electron chi connectivity index (χ4n) is 3.74. The zero-order valence-corrected chi connectivity index (χ0v) is 15.4. The smallest absolute Gasteiger partial charge is 0.223 e. The Labute approximate surface area is 155 Å². The van der Waals surface area contributed by atoms with Crippen LogP contribution >= 0.6 is 11.3 Å². The average Bonchev–Trinajstić information content (AvgIpc) is 3.07. The predicted molar refractivity (Wildman–Crippen MR) is 102 cm³/mol. The normalized spacial score (nSPS) is 22.9. The van der Waals surface area contributed by atoms with E-state index in [1.807, 2.05) is 37.6 Å². The summed E-state index contributed by atoms with van der Waals surface area (Å²) in [5.74, 6) is 1.60. The number of anilines is 1. The van der Waals surface area contributed by atoms with Crippen molar-refractivity contribution in [2.24, 2.45) is 13.0 Å². The second-order valence-corrected chi connectivity index (χ2v) is 8.27. The molecule has 2 fully saturated rings. The van der Waals surface area contributed by atoms with Crippen LogP contribution in [0.3, 0.4) is 0 Å². The van der Waals surface area contributed by atoms with Gasteiger partial charge in [-0.1, -0.05) is 23.5 Å². The Kier molecular flexibility index (Phi) is 3.70. The van der Waals surface area contributed by atoms with Crippen LogP contribution in [-0.4, -0.2) is 39.6 Å². The molecule has 1 aliphatic carbocycles. The van der Waals surface area contributed by atoms with Crippen LogP contribution < -0.4 is 10.2 Å². The van der Waals surface area contributed by atoms with Gasteiger partial charge in [-0.15, -0.1) is 0 Å². The Balaban J connectivity index is 1.44. The van der Waals surface area contributed by atoms with E-state index >= 15 is 0 Å². The second kappa shape index (κ2) is 6.09. The number of hydrogen-bond donors (Lipinski definition) is 1. The SMILES string of the molecule is Cn1ccnc1[C@@H]1CN(c2nc3ccccc3s2)C[C@H]1NC(=O)C1CC1. The van der Waals surface area contributed by atoms with Crippen LogP contribution in [0, 0.1) is 5.92 Å². The van der Waals surface area contributed by atoms with Crippen LogP contribution in [-0.2, 0) is 11.8 Å². The number of hydrogen-bond acceptors (Lipinski definition) is 5. The predicted octanol–water partition coefficient (Wildman–Crippen LogP) is 2.53. The van der Waals surface area contributed by atoms with Crippen LogP contribution in [0.4, 0.5) is 5.13 Å². The quantitative estimate of drug-likeness (QED) is 0.770. The van der Waals surface area contributed by atoms with Crippen molar-refractivity contribution in [1.82, 2.24) is 19.9 Å². The molecule has 1 aromatic carbocycles. The number of amides is 1. The molecular weight excluding hydrogens is 346 g/mol. The molecule has 1 N–H and O–H groups in total. The van der Waals surface area contributed by atoms with Gasteiger partial charge >= 0.3 is 0 Å². The summed E-state index contributed by atoms with van der Waals surface area (Å²) in [6, 6.07) is 8.29. The maximum Gasteiger partial charge on any atom is 0.223 e. The van der Waals surface area contributed by atoms with Crippen LogP contribution in [0.1, 0.15) is 24.6 Å².